The van der Waals surface area contributed by atoms with Gasteiger partial charge in [0.1, 0.15) is 0 Å². The van der Waals surface area contributed by atoms with Gasteiger partial charge in [-0.2, -0.15) is 5.10 Å². The number of thioether (sulfide) groups is 1. The molecule has 30 heavy (non-hydrogen) atoms. The molecule has 0 aliphatic carbocycles. The van der Waals surface area contributed by atoms with Crippen molar-refractivity contribution in [2.45, 2.75) is 18.7 Å². The van der Waals surface area contributed by atoms with E-state index in [9.17, 15) is 9.59 Å². The van der Waals surface area contributed by atoms with Crippen molar-refractivity contribution in [3.05, 3.63) is 77.6 Å². The second-order valence-corrected chi connectivity index (χ2v) is 7.44. The Hall–Kier alpha value is -3.32. The van der Waals surface area contributed by atoms with Crippen molar-refractivity contribution in [3.63, 3.8) is 0 Å². The molecule has 6 nitrogen and oxygen atoms in total. The Bertz CT molecular complexity index is 1060. The highest BCUT2D eigenvalue weighted by molar-refractivity contribution is 7.98. The summed E-state index contributed by atoms with van der Waals surface area (Å²) in [4.78, 5) is 25.3. The maximum absolute atomic E-state index is 12.3. The standard InChI is InChI=1S/C23H23N3O3S/c1-16-23(17(2)26(25-16)19-7-5-4-6-8-19)24-21(27)15-29-22(28)14-11-18-9-12-20(30-3)13-10-18/h4-14H,15H2,1-3H3,(H,24,27). The Balaban J connectivity index is 1.56. The second kappa shape index (κ2) is 9.93. The van der Waals surface area contributed by atoms with Crippen LogP contribution in [0.25, 0.3) is 11.8 Å². The first-order valence-electron chi connectivity index (χ1n) is 9.38. The van der Waals surface area contributed by atoms with Gasteiger partial charge in [-0.25, -0.2) is 9.48 Å². The number of hydrogen-bond acceptors (Lipinski definition) is 5. The Morgan fingerprint density at radius 2 is 1.80 bits per heavy atom. The summed E-state index contributed by atoms with van der Waals surface area (Å²) >= 11 is 1.65. The van der Waals surface area contributed by atoms with Crippen molar-refractivity contribution >= 4 is 35.4 Å². The summed E-state index contributed by atoms with van der Waals surface area (Å²) in [6, 6.07) is 17.4. The number of ether oxygens (including phenoxy) is 1. The number of nitrogens with zero attached hydrogens (tertiary/aromatic N) is 2. The lowest BCUT2D eigenvalue weighted by Crippen LogP contribution is -2.20. The third kappa shape index (κ3) is 5.39. The number of esters is 1. The third-order valence-corrected chi connectivity index (χ3v) is 5.17. The van der Waals surface area contributed by atoms with E-state index in [1.165, 1.54) is 6.08 Å². The van der Waals surface area contributed by atoms with Gasteiger partial charge in [-0.05, 0) is 56.0 Å². The maximum atomic E-state index is 12.3. The number of carbonyl (C=O) groups excluding carboxylic acids is 2. The molecule has 0 radical (unpaired) electrons. The quantitative estimate of drug-likeness (QED) is 0.348. The predicted octanol–water partition coefficient (Wildman–Crippen LogP) is 4.41. The molecule has 2 aromatic carbocycles. The number of anilines is 1. The lowest BCUT2D eigenvalue weighted by atomic mass is 10.2. The van der Waals surface area contributed by atoms with Crippen molar-refractivity contribution in [3.8, 4) is 5.69 Å². The minimum atomic E-state index is -0.576. The van der Waals surface area contributed by atoms with Gasteiger partial charge >= 0.3 is 5.97 Å². The summed E-state index contributed by atoms with van der Waals surface area (Å²) in [7, 11) is 0. The first kappa shape index (κ1) is 21.4. The molecule has 3 rings (SSSR count). The highest BCUT2D eigenvalue weighted by Gasteiger charge is 2.15. The van der Waals surface area contributed by atoms with E-state index in [1.807, 2.05) is 74.7 Å². The Morgan fingerprint density at radius 1 is 1.10 bits per heavy atom. The molecule has 0 aliphatic heterocycles. The average molecular weight is 422 g/mol. The van der Waals surface area contributed by atoms with Crippen LogP contribution in [0.15, 0.2) is 65.6 Å². The summed E-state index contributed by atoms with van der Waals surface area (Å²) in [5.74, 6) is -0.993. The van der Waals surface area contributed by atoms with Gasteiger partial charge in [0, 0.05) is 11.0 Å². The fourth-order valence-corrected chi connectivity index (χ4v) is 3.29. The van der Waals surface area contributed by atoms with Gasteiger partial charge in [-0.3, -0.25) is 4.79 Å². The molecule has 1 aromatic heterocycles. The summed E-state index contributed by atoms with van der Waals surface area (Å²) in [6.07, 6.45) is 4.97. The molecule has 0 bridgehead atoms. The van der Waals surface area contributed by atoms with Crippen molar-refractivity contribution in [2.24, 2.45) is 0 Å². The summed E-state index contributed by atoms with van der Waals surface area (Å²) < 4.78 is 6.81. The fraction of sp³-hybridized carbons (Fsp3) is 0.174. The summed E-state index contributed by atoms with van der Waals surface area (Å²) in [5, 5.41) is 7.27. The molecule has 1 heterocycles. The van der Waals surface area contributed by atoms with Gasteiger partial charge in [0.05, 0.1) is 22.8 Å². The largest absolute Gasteiger partial charge is 0.452 e. The van der Waals surface area contributed by atoms with Crippen LogP contribution in [-0.4, -0.2) is 34.5 Å². The van der Waals surface area contributed by atoms with Gasteiger partial charge in [0.2, 0.25) is 0 Å². The molecule has 0 aliphatic rings. The summed E-state index contributed by atoms with van der Waals surface area (Å²) in [6.45, 7) is 3.32. The van der Waals surface area contributed by atoms with Gasteiger partial charge in [-0.1, -0.05) is 30.3 Å². The molecule has 0 atom stereocenters. The second-order valence-electron chi connectivity index (χ2n) is 6.56. The number of aromatic nitrogens is 2. The van der Waals surface area contributed by atoms with Crippen LogP contribution in [0, 0.1) is 13.8 Å². The lowest BCUT2D eigenvalue weighted by molar-refractivity contribution is -0.142. The van der Waals surface area contributed by atoms with Crippen LogP contribution in [0.3, 0.4) is 0 Å². The van der Waals surface area contributed by atoms with E-state index in [-0.39, 0.29) is 6.61 Å². The van der Waals surface area contributed by atoms with Crippen LogP contribution in [-0.2, 0) is 14.3 Å². The van der Waals surface area contributed by atoms with Crippen molar-refractivity contribution < 1.29 is 14.3 Å². The molecule has 154 valence electrons. The Morgan fingerprint density at radius 3 is 2.47 bits per heavy atom. The van der Waals surface area contributed by atoms with Crippen LogP contribution >= 0.6 is 11.8 Å². The van der Waals surface area contributed by atoms with Crippen molar-refractivity contribution in [2.75, 3.05) is 18.2 Å². The van der Waals surface area contributed by atoms with Gasteiger partial charge in [0.15, 0.2) is 6.61 Å². The molecule has 0 saturated heterocycles. The lowest BCUT2D eigenvalue weighted by Gasteiger charge is -2.07. The zero-order valence-corrected chi connectivity index (χ0v) is 17.9. The fourth-order valence-electron chi connectivity index (χ4n) is 2.88. The number of aryl methyl sites for hydroxylation is 1. The normalized spacial score (nSPS) is 10.9. The molecular formula is C23H23N3O3S. The van der Waals surface area contributed by atoms with Crippen LogP contribution in [0.2, 0.25) is 0 Å². The topological polar surface area (TPSA) is 73.2 Å². The van der Waals surface area contributed by atoms with E-state index in [1.54, 1.807) is 22.5 Å². The SMILES string of the molecule is CSc1ccc(C=CC(=O)OCC(=O)Nc2c(C)nn(-c3ccccc3)c2C)cc1. The van der Waals surface area contributed by atoms with E-state index in [0.717, 1.165) is 21.8 Å². The number of para-hydroxylation sites is 1. The number of rotatable bonds is 7. The average Bonchev–Trinajstić information content (AvgIpc) is 3.05. The Labute approximate surface area is 179 Å². The van der Waals surface area contributed by atoms with Gasteiger partial charge in [-0.15, -0.1) is 11.8 Å². The van der Waals surface area contributed by atoms with Crippen LogP contribution in [0.1, 0.15) is 17.0 Å². The zero-order chi connectivity index (χ0) is 21.5. The smallest absolute Gasteiger partial charge is 0.331 e. The highest BCUT2D eigenvalue weighted by Crippen LogP contribution is 2.22. The van der Waals surface area contributed by atoms with Crippen molar-refractivity contribution in [1.82, 2.24) is 9.78 Å². The van der Waals surface area contributed by atoms with E-state index >= 15 is 0 Å². The molecule has 0 unspecified atom stereocenters. The zero-order valence-electron chi connectivity index (χ0n) is 17.1. The first-order valence-corrected chi connectivity index (χ1v) is 10.6. The maximum Gasteiger partial charge on any atom is 0.331 e. The minimum Gasteiger partial charge on any atom is -0.452 e. The van der Waals surface area contributed by atoms with E-state index in [2.05, 4.69) is 10.4 Å². The van der Waals surface area contributed by atoms with Crippen LogP contribution < -0.4 is 5.32 Å². The number of nitrogens with one attached hydrogen (secondary N) is 1. The molecular weight excluding hydrogens is 398 g/mol. The Kier molecular flexibility index (Phi) is 7.08. The molecule has 0 fully saturated rings. The third-order valence-electron chi connectivity index (χ3n) is 4.43. The van der Waals surface area contributed by atoms with Crippen LogP contribution in [0.5, 0.6) is 0 Å². The number of benzene rings is 2. The highest BCUT2D eigenvalue weighted by atomic mass is 32.2. The van der Waals surface area contributed by atoms with Gasteiger partial charge in [0.25, 0.3) is 5.91 Å². The van der Waals surface area contributed by atoms with E-state index < -0.39 is 11.9 Å². The molecule has 3 aromatic rings. The number of hydrogen-bond donors (Lipinski definition) is 1. The number of carbonyl (C=O) groups is 2. The molecule has 0 saturated carbocycles. The predicted molar refractivity (Wildman–Crippen MR) is 120 cm³/mol. The molecule has 1 N–H and O–H groups in total. The molecule has 7 heteroatoms. The van der Waals surface area contributed by atoms with Crippen LogP contribution in [0.4, 0.5) is 5.69 Å². The first-order chi connectivity index (χ1) is 14.5. The number of amides is 1. The monoisotopic (exact) mass is 421 g/mol. The molecule has 0 spiro atoms. The molecule has 1 amide bonds. The minimum absolute atomic E-state index is 0.371. The van der Waals surface area contributed by atoms with Gasteiger partial charge < -0.3 is 10.1 Å². The van der Waals surface area contributed by atoms with E-state index in [0.29, 0.717) is 11.4 Å². The summed E-state index contributed by atoms with van der Waals surface area (Å²) in [5.41, 5.74) is 3.88. The van der Waals surface area contributed by atoms with E-state index in [4.69, 9.17) is 4.74 Å². The van der Waals surface area contributed by atoms with Crippen molar-refractivity contribution in [1.29, 1.82) is 0 Å².